The number of thiophene rings is 1. The van der Waals surface area contributed by atoms with Gasteiger partial charge >= 0.3 is 0 Å². The van der Waals surface area contributed by atoms with Crippen molar-refractivity contribution in [1.29, 1.82) is 0 Å². The second kappa shape index (κ2) is 19.0. The molecule has 6 nitrogen and oxygen atoms in total. The van der Waals surface area contributed by atoms with Crippen LogP contribution >= 0.6 is 11.3 Å². The van der Waals surface area contributed by atoms with Crippen LogP contribution in [0, 0.1) is 0 Å². The molecule has 73 heavy (non-hydrogen) atoms. The smallest absolute Gasteiger partial charge is 0.164 e. The van der Waals surface area contributed by atoms with Crippen LogP contribution in [0.15, 0.2) is 255 Å². The first-order valence-corrected chi connectivity index (χ1v) is 25.1. The summed E-state index contributed by atoms with van der Waals surface area (Å²) in [5.74, 6) is 3.75. The molecule has 0 fully saturated rings. The van der Waals surface area contributed by atoms with Crippen LogP contribution < -0.4 is 0 Å². The van der Waals surface area contributed by atoms with Gasteiger partial charge in [-0.15, -0.1) is 11.3 Å². The minimum absolute atomic E-state index is 0.617. The molecule has 13 aromatic rings. The maximum atomic E-state index is 5.16. The van der Waals surface area contributed by atoms with Crippen molar-refractivity contribution in [2.24, 2.45) is 0 Å². The Morgan fingerprint density at radius 2 is 0.397 bits per heavy atom. The molecule has 0 bridgehead atoms. The van der Waals surface area contributed by atoms with Gasteiger partial charge in [0, 0.05) is 64.7 Å². The van der Waals surface area contributed by atoms with Gasteiger partial charge in [0.25, 0.3) is 0 Å². The van der Waals surface area contributed by atoms with Crippen molar-refractivity contribution >= 4 is 31.5 Å². The zero-order valence-corrected chi connectivity index (χ0v) is 40.2. The predicted octanol–water partition coefficient (Wildman–Crippen LogP) is 17.1. The van der Waals surface area contributed by atoms with Gasteiger partial charge in [0.05, 0.1) is 0 Å². The Bertz CT molecular complexity index is 3760. The summed E-state index contributed by atoms with van der Waals surface area (Å²) in [5.41, 5.74) is 14.4. The van der Waals surface area contributed by atoms with Gasteiger partial charge in [-0.1, -0.05) is 255 Å². The molecule has 13 rings (SSSR count). The van der Waals surface area contributed by atoms with Gasteiger partial charge in [0.2, 0.25) is 0 Å². The third kappa shape index (κ3) is 8.23. The second-order valence-electron chi connectivity index (χ2n) is 17.7. The molecule has 0 aliphatic carbocycles. The molecule has 0 unspecified atom stereocenters. The van der Waals surface area contributed by atoms with E-state index in [0.29, 0.717) is 34.9 Å². The monoisotopic (exact) mass is 950 g/mol. The van der Waals surface area contributed by atoms with E-state index in [-0.39, 0.29) is 0 Å². The first-order valence-electron chi connectivity index (χ1n) is 24.3. The van der Waals surface area contributed by atoms with Crippen molar-refractivity contribution in [3.8, 4) is 113 Å². The molecule has 10 aromatic carbocycles. The molecule has 0 N–H and O–H groups in total. The molecule has 7 heteroatoms. The van der Waals surface area contributed by atoms with E-state index in [2.05, 4.69) is 133 Å². The zero-order chi connectivity index (χ0) is 48.5. The van der Waals surface area contributed by atoms with Gasteiger partial charge in [-0.05, 0) is 33.4 Å². The first kappa shape index (κ1) is 43.5. The molecular weight excluding hydrogens is 909 g/mol. The summed E-state index contributed by atoms with van der Waals surface area (Å²) in [7, 11) is 0. The van der Waals surface area contributed by atoms with E-state index in [1.165, 1.54) is 20.2 Å². The highest BCUT2D eigenvalue weighted by molar-refractivity contribution is 7.26. The highest BCUT2D eigenvalue weighted by atomic mass is 32.1. The van der Waals surface area contributed by atoms with E-state index in [9.17, 15) is 0 Å². The van der Waals surface area contributed by atoms with Gasteiger partial charge in [-0.25, -0.2) is 29.9 Å². The van der Waals surface area contributed by atoms with Crippen molar-refractivity contribution in [3.63, 3.8) is 0 Å². The van der Waals surface area contributed by atoms with Crippen LogP contribution in [0.2, 0.25) is 0 Å². The van der Waals surface area contributed by atoms with Crippen molar-refractivity contribution in [3.05, 3.63) is 255 Å². The fourth-order valence-electron chi connectivity index (χ4n) is 9.83. The van der Waals surface area contributed by atoms with E-state index in [0.717, 1.165) is 77.9 Å². The second-order valence-corrected chi connectivity index (χ2v) is 18.7. The number of aromatic nitrogens is 6. The minimum Gasteiger partial charge on any atom is -0.208 e. The van der Waals surface area contributed by atoms with Crippen LogP contribution in [0.1, 0.15) is 0 Å². The molecule has 0 aliphatic rings. The molecular formula is C66H42N6S. The third-order valence-corrected chi connectivity index (χ3v) is 14.6. The highest BCUT2D eigenvalue weighted by Gasteiger charge is 2.22. The summed E-state index contributed by atoms with van der Waals surface area (Å²) >= 11 is 1.85. The predicted molar refractivity (Wildman–Crippen MR) is 300 cm³/mol. The van der Waals surface area contributed by atoms with Gasteiger partial charge < -0.3 is 0 Å². The number of rotatable bonds is 10. The largest absolute Gasteiger partial charge is 0.208 e. The summed E-state index contributed by atoms with van der Waals surface area (Å²) in [4.78, 5) is 30.6. The van der Waals surface area contributed by atoms with E-state index in [4.69, 9.17) is 29.9 Å². The van der Waals surface area contributed by atoms with Crippen LogP contribution in [-0.4, -0.2) is 29.9 Å². The minimum atomic E-state index is 0.617. The third-order valence-electron chi connectivity index (χ3n) is 13.3. The van der Waals surface area contributed by atoms with Crippen LogP contribution in [0.4, 0.5) is 0 Å². The lowest BCUT2D eigenvalue weighted by Crippen LogP contribution is -2.01. The van der Waals surface area contributed by atoms with E-state index in [1.54, 1.807) is 0 Å². The van der Waals surface area contributed by atoms with E-state index < -0.39 is 0 Å². The molecule has 0 spiro atoms. The van der Waals surface area contributed by atoms with E-state index in [1.807, 2.05) is 133 Å². The Morgan fingerprint density at radius 1 is 0.178 bits per heavy atom. The fourth-order valence-corrected chi connectivity index (χ4v) is 11.2. The SMILES string of the molecule is c1ccc(-c2nc(-c3ccccc3)nc(-c3ccccc3-c3ccccc3-c3cccc4c3sc3c(-c5ccccc5-c5ccccc5-c5nc(-c6ccccc6)nc(-c6ccccc6)n5)cccc34)n2)cc1. The number of nitrogens with zero attached hydrogens (tertiary/aromatic N) is 6. The fraction of sp³-hybridized carbons (Fsp3) is 0. The van der Waals surface area contributed by atoms with Gasteiger partial charge in [-0.2, -0.15) is 0 Å². The summed E-state index contributed by atoms with van der Waals surface area (Å²) in [6.07, 6.45) is 0. The Balaban J connectivity index is 0.944. The Hall–Kier alpha value is -9.56. The van der Waals surface area contributed by atoms with Gasteiger partial charge in [-0.3, -0.25) is 0 Å². The lowest BCUT2D eigenvalue weighted by atomic mass is 9.90. The molecule has 0 aliphatic heterocycles. The average Bonchev–Trinajstić information content (AvgIpc) is 3.88. The lowest BCUT2D eigenvalue weighted by molar-refractivity contribution is 1.07. The van der Waals surface area contributed by atoms with E-state index >= 15 is 0 Å². The number of hydrogen-bond donors (Lipinski definition) is 0. The van der Waals surface area contributed by atoms with Crippen LogP contribution in [0.5, 0.6) is 0 Å². The quantitative estimate of drug-likeness (QED) is 0.136. The molecule has 342 valence electrons. The van der Waals surface area contributed by atoms with Crippen molar-refractivity contribution in [2.75, 3.05) is 0 Å². The summed E-state index contributed by atoms with van der Waals surface area (Å²) in [5, 5.41) is 2.43. The van der Waals surface area contributed by atoms with Crippen LogP contribution in [0.3, 0.4) is 0 Å². The molecule has 3 aromatic heterocycles. The molecule has 0 amide bonds. The van der Waals surface area contributed by atoms with Gasteiger partial charge in [0.1, 0.15) is 0 Å². The van der Waals surface area contributed by atoms with Crippen LogP contribution in [0.25, 0.3) is 133 Å². The zero-order valence-electron chi connectivity index (χ0n) is 39.3. The Morgan fingerprint density at radius 3 is 0.699 bits per heavy atom. The molecule has 0 saturated carbocycles. The standard InChI is InChI=1S/C66H42N6S/c1-5-23-43(24-6-1)61-67-62(44-25-7-2-8-26-44)70-65(69-61)57-37-19-17-35-51(57)47-31-13-15-33-49(47)53-39-21-41-55-56-42-22-40-54(60(56)73-59(53)55)50-34-16-14-32-48(50)52-36-18-20-38-58(52)66-71-63(45-27-9-3-10-28-45)68-64(72-66)46-29-11-4-12-30-46/h1-42H. The average molecular weight is 951 g/mol. The number of fused-ring (bicyclic) bond motifs is 3. The topological polar surface area (TPSA) is 77.3 Å². The first-order chi connectivity index (χ1) is 36.2. The maximum Gasteiger partial charge on any atom is 0.164 e. The summed E-state index contributed by atoms with van der Waals surface area (Å²) < 4.78 is 2.44. The Kier molecular flexibility index (Phi) is 11.3. The number of benzene rings is 10. The van der Waals surface area contributed by atoms with Gasteiger partial charge in [0.15, 0.2) is 34.9 Å². The molecule has 0 saturated heterocycles. The molecule has 0 atom stereocenters. The van der Waals surface area contributed by atoms with Crippen molar-refractivity contribution in [1.82, 2.24) is 29.9 Å². The normalized spacial score (nSPS) is 11.3. The van der Waals surface area contributed by atoms with Crippen LogP contribution in [-0.2, 0) is 0 Å². The number of hydrogen-bond acceptors (Lipinski definition) is 7. The summed E-state index contributed by atoms with van der Waals surface area (Å²) in [6.45, 7) is 0. The summed E-state index contributed by atoms with van der Waals surface area (Å²) in [6, 6.07) is 88.3. The highest BCUT2D eigenvalue weighted by Crippen LogP contribution is 2.48. The maximum absolute atomic E-state index is 5.16. The Labute approximate surface area is 426 Å². The molecule has 0 radical (unpaired) electrons. The lowest BCUT2D eigenvalue weighted by Gasteiger charge is -2.15. The molecule has 3 heterocycles. The van der Waals surface area contributed by atoms with Crippen molar-refractivity contribution < 1.29 is 0 Å². The van der Waals surface area contributed by atoms with Crippen molar-refractivity contribution in [2.45, 2.75) is 0 Å².